The lowest BCUT2D eigenvalue weighted by atomic mass is 10.1. The molecule has 1 aromatic heterocycles. The number of alkyl halides is 1. The fraction of sp³-hybridized carbons (Fsp3) is 0.545. The van der Waals surface area contributed by atoms with E-state index in [0.29, 0.717) is 0 Å². The number of allylic oxidation sites excluding steroid dienone is 1. The Morgan fingerprint density at radius 1 is 1.60 bits per heavy atom. The molecular formula is C11H17BrN2O. The van der Waals surface area contributed by atoms with Crippen molar-refractivity contribution < 1.29 is 4.74 Å². The van der Waals surface area contributed by atoms with Crippen molar-refractivity contribution in [3.63, 3.8) is 0 Å². The van der Waals surface area contributed by atoms with E-state index in [4.69, 9.17) is 4.74 Å². The van der Waals surface area contributed by atoms with E-state index in [-0.39, 0.29) is 0 Å². The first kappa shape index (κ1) is 12.3. The van der Waals surface area contributed by atoms with Gasteiger partial charge in [0.15, 0.2) is 0 Å². The highest BCUT2D eigenvalue weighted by Gasteiger charge is 2.11. The van der Waals surface area contributed by atoms with Gasteiger partial charge in [0.05, 0.1) is 18.4 Å². The number of aryl methyl sites for hydroxylation is 2. The highest BCUT2D eigenvalue weighted by molar-refractivity contribution is 9.09. The fourth-order valence-electron chi connectivity index (χ4n) is 1.50. The summed E-state index contributed by atoms with van der Waals surface area (Å²) in [5, 5.41) is 5.23. The van der Waals surface area contributed by atoms with Crippen molar-refractivity contribution in [2.75, 3.05) is 12.4 Å². The number of aromatic nitrogens is 2. The van der Waals surface area contributed by atoms with Gasteiger partial charge in [0.1, 0.15) is 0 Å². The van der Waals surface area contributed by atoms with Crippen molar-refractivity contribution in [1.82, 2.24) is 9.78 Å². The van der Waals surface area contributed by atoms with Gasteiger partial charge in [-0.15, -0.1) is 0 Å². The highest BCUT2D eigenvalue weighted by Crippen LogP contribution is 2.24. The van der Waals surface area contributed by atoms with Gasteiger partial charge in [-0.2, -0.15) is 5.10 Å². The van der Waals surface area contributed by atoms with Crippen LogP contribution in [0.2, 0.25) is 0 Å². The zero-order chi connectivity index (χ0) is 11.4. The van der Waals surface area contributed by atoms with Gasteiger partial charge in [-0.3, -0.25) is 0 Å². The zero-order valence-corrected chi connectivity index (χ0v) is 11.3. The second-order valence-corrected chi connectivity index (χ2v) is 3.98. The predicted molar refractivity (Wildman–Crippen MR) is 66.6 cm³/mol. The molecule has 0 saturated carbocycles. The van der Waals surface area contributed by atoms with E-state index in [9.17, 15) is 0 Å². The third-order valence-electron chi connectivity index (χ3n) is 2.38. The third kappa shape index (κ3) is 2.62. The van der Waals surface area contributed by atoms with E-state index in [1.165, 1.54) is 5.57 Å². The Balaban J connectivity index is 3.18. The number of nitrogens with zero attached hydrogens (tertiary/aromatic N) is 2. The van der Waals surface area contributed by atoms with Gasteiger partial charge >= 0.3 is 0 Å². The molecule has 0 radical (unpaired) electrons. The summed E-state index contributed by atoms with van der Waals surface area (Å²) in [6, 6.07) is 0. The second kappa shape index (κ2) is 5.35. The molecule has 0 aliphatic rings. The van der Waals surface area contributed by atoms with E-state index >= 15 is 0 Å². The molecule has 0 saturated heterocycles. The Labute approximate surface area is 99.2 Å². The van der Waals surface area contributed by atoms with E-state index in [1.54, 1.807) is 11.8 Å². The molecule has 0 aromatic carbocycles. The van der Waals surface area contributed by atoms with Crippen molar-refractivity contribution in [2.24, 2.45) is 7.05 Å². The quantitative estimate of drug-likeness (QED) is 0.789. The summed E-state index contributed by atoms with van der Waals surface area (Å²) in [6.07, 6.45) is 3.18. The number of hydrogen-bond donors (Lipinski definition) is 0. The molecule has 0 N–H and O–H groups in total. The molecule has 1 heterocycles. The minimum Gasteiger partial charge on any atom is -0.481 e. The van der Waals surface area contributed by atoms with Crippen LogP contribution in [0.5, 0.6) is 5.88 Å². The van der Waals surface area contributed by atoms with Crippen LogP contribution in [0.4, 0.5) is 0 Å². The normalized spacial score (nSPS) is 11.9. The van der Waals surface area contributed by atoms with Crippen LogP contribution < -0.4 is 4.74 Å². The number of ether oxygens (including phenoxy) is 1. The maximum atomic E-state index is 5.33. The van der Waals surface area contributed by atoms with Crippen LogP contribution in [0.25, 0.3) is 6.08 Å². The fourth-order valence-corrected chi connectivity index (χ4v) is 2.06. The summed E-state index contributed by atoms with van der Waals surface area (Å²) in [5.41, 5.74) is 3.42. The average molecular weight is 273 g/mol. The smallest absolute Gasteiger partial charge is 0.218 e. The zero-order valence-electron chi connectivity index (χ0n) is 9.67. The maximum absolute atomic E-state index is 5.33. The van der Waals surface area contributed by atoms with Crippen LogP contribution in [0, 0.1) is 6.92 Å². The van der Waals surface area contributed by atoms with Gasteiger partial charge in [-0.1, -0.05) is 28.4 Å². The predicted octanol–water partition coefficient (Wildman–Crippen LogP) is 2.93. The molecule has 0 aliphatic carbocycles. The monoisotopic (exact) mass is 272 g/mol. The molecule has 0 atom stereocenters. The molecule has 4 heteroatoms. The lowest BCUT2D eigenvalue weighted by Gasteiger charge is -2.03. The molecule has 1 rings (SSSR count). The van der Waals surface area contributed by atoms with Crippen LogP contribution >= 0.6 is 15.9 Å². The minimum atomic E-state index is 0.819. The lowest BCUT2D eigenvalue weighted by Crippen LogP contribution is -1.95. The van der Waals surface area contributed by atoms with Gasteiger partial charge in [0.2, 0.25) is 5.88 Å². The molecule has 3 nitrogen and oxygen atoms in total. The molecule has 0 spiro atoms. The standard InChI is InChI=1S/C11H17BrN2O/c1-5-9(7-12)6-10-8(2)13-14(3)11(10)15-4/h6H,5,7H2,1-4H3. The largest absolute Gasteiger partial charge is 0.481 e. The van der Waals surface area contributed by atoms with Gasteiger partial charge in [0, 0.05) is 12.4 Å². The van der Waals surface area contributed by atoms with Crippen LogP contribution in [0.15, 0.2) is 5.57 Å². The van der Waals surface area contributed by atoms with Crippen molar-refractivity contribution in [1.29, 1.82) is 0 Å². The maximum Gasteiger partial charge on any atom is 0.218 e. The van der Waals surface area contributed by atoms with Crippen LogP contribution in [-0.2, 0) is 7.05 Å². The van der Waals surface area contributed by atoms with Crippen molar-refractivity contribution in [3.05, 3.63) is 16.8 Å². The molecule has 0 fully saturated rings. The van der Waals surface area contributed by atoms with E-state index in [2.05, 4.69) is 34.0 Å². The number of rotatable bonds is 4. The van der Waals surface area contributed by atoms with Crippen LogP contribution in [0.1, 0.15) is 24.6 Å². The first-order chi connectivity index (χ1) is 7.13. The van der Waals surface area contributed by atoms with E-state index < -0.39 is 0 Å². The molecule has 0 amide bonds. The SMILES string of the molecule is CCC(=Cc1c(C)nn(C)c1OC)CBr. The molecule has 0 aliphatic heterocycles. The molecule has 15 heavy (non-hydrogen) atoms. The first-order valence-electron chi connectivity index (χ1n) is 4.97. The minimum absolute atomic E-state index is 0.819. The van der Waals surface area contributed by atoms with E-state index in [0.717, 1.165) is 28.9 Å². The topological polar surface area (TPSA) is 27.1 Å². The van der Waals surface area contributed by atoms with E-state index in [1.807, 2.05) is 14.0 Å². The molecular weight excluding hydrogens is 256 g/mol. The van der Waals surface area contributed by atoms with Crippen molar-refractivity contribution in [2.45, 2.75) is 20.3 Å². The Bertz CT molecular complexity index is 363. The summed E-state index contributed by atoms with van der Waals surface area (Å²) >= 11 is 3.48. The first-order valence-corrected chi connectivity index (χ1v) is 6.09. The van der Waals surface area contributed by atoms with Gasteiger partial charge in [-0.25, -0.2) is 4.68 Å². The van der Waals surface area contributed by atoms with Crippen LogP contribution in [-0.4, -0.2) is 22.2 Å². The van der Waals surface area contributed by atoms with Crippen molar-refractivity contribution in [3.8, 4) is 5.88 Å². The Hall–Kier alpha value is -0.770. The van der Waals surface area contributed by atoms with Gasteiger partial charge < -0.3 is 4.74 Å². The lowest BCUT2D eigenvalue weighted by molar-refractivity contribution is 0.372. The Kier molecular flexibility index (Phi) is 4.39. The summed E-state index contributed by atoms with van der Waals surface area (Å²) in [7, 11) is 3.57. The van der Waals surface area contributed by atoms with Crippen LogP contribution in [0.3, 0.4) is 0 Å². The second-order valence-electron chi connectivity index (χ2n) is 3.42. The molecule has 1 aromatic rings. The Morgan fingerprint density at radius 3 is 2.73 bits per heavy atom. The Morgan fingerprint density at radius 2 is 2.27 bits per heavy atom. The molecule has 84 valence electrons. The van der Waals surface area contributed by atoms with Gasteiger partial charge in [-0.05, 0) is 19.4 Å². The summed E-state index contributed by atoms with van der Waals surface area (Å²) in [6.45, 7) is 4.14. The average Bonchev–Trinajstić information content (AvgIpc) is 2.49. The number of halogens is 1. The summed E-state index contributed by atoms with van der Waals surface area (Å²) < 4.78 is 7.09. The highest BCUT2D eigenvalue weighted by atomic mass is 79.9. The number of hydrogen-bond acceptors (Lipinski definition) is 2. The molecule has 0 bridgehead atoms. The number of methoxy groups -OCH3 is 1. The summed E-state index contributed by atoms with van der Waals surface area (Å²) in [5.74, 6) is 0.819. The van der Waals surface area contributed by atoms with Gasteiger partial charge in [0.25, 0.3) is 0 Å². The van der Waals surface area contributed by atoms with Crippen molar-refractivity contribution >= 4 is 22.0 Å². The third-order valence-corrected chi connectivity index (χ3v) is 3.10. The molecule has 0 unspecified atom stereocenters. The summed E-state index contributed by atoms with van der Waals surface area (Å²) in [4.78, 5) is 0.